The lowest BCUT2D eigenvalue weighted by atomic mass is 10.1. The summed E-state index contributed by atoms with van der Waals surface area (Å²) in [5.41, 5.74) is 3.80. The molecule has 3 rings (SSSR count). The summed E-state index contributed by atoms with van der Waals surface area (Å²) in [6.45, 7) is 6.28. The molecule has 0 saturated carbocycles. The van der Waals surface area contributed by atoms with E-state index in [2.05, 4.69) is 38.8 Å². The van der Waals surface area contributed by atoms with Crippen molar-refractivity contribution in [2.75, 3.05) is 24.5 Å². The molecule has 1 aliphatic rings. The molecule has 0 amide bonds. The number of imidazole rings is 1. The number of aryl methyl sites for hydroxylation is 2. The molecule has 4 nitrogen and oxygen atoms in total. The minimum Gasteiger partial charge on any atom is -0.371 e. The van der Waals surface area contributed by atoms with Crippen LogP contribution in [0.15, 0.2) is 30.7 Å². The zero-order chi connectivity index (χ0) is 15.5. The summed E-state index contributed by atoms with van der Waals surface area (Å²) >= 11 is 6.14. The van der Waals surface area contributed by atoms with Crippen LogP contribution in [-0.4, -0.2) is 29.2 Å². The fourth-order valence-corrected chi connectivity index (χ4v) is 3.27. The molecule has 1 fully saturated rings. The van der Waals surface area contributed by atoms with Crippen molar-refractivity contribution in [3.8, 4) is 0 Å². The third kappa shape index (κ3) is 3.45. The SMILES string of the molecule is Cc1ccc(Cl)cc1N1CCC(CNCc2cncn2C)C1. The lowest BCUT2D eigenvalue weighted by Crippen LogP contribution is -2.27. The standard InChI is InChI=1S/C17H23ClN4/c1-13-3-4-15(18)7-17(13)22-6-5-14(11-22)8-19-9-16-10-20-12-21(16)2/h3-4,7,10,12,14,19H,5-6,8-9,11H2,1-2H3. The first-order valence-electron chi connectivity index (χ1n) is 7.80. The summed E-state index contributed by atoms with van der Waals surface area (Å²) in [6, 6.07) is 6.15. The predicted molar refractivity (Wildman–Crippen MR) is 91.4 cm³/mol. The molecule has 0 bridgehead atoms. The van der Waals surface area contributed by atoms with Gasteiger partial charge in [0.15, 0.2) is 0 Å². The Morgan fingerprint density at radius 1 is 1.41 bits per heavy atom. The van der Waals surface area contributed by atoms with E-state index in [1.807, 2.05) is 25.6 Å². The van der Waals surface area contributed by atoms with E-state index in [0.717, 1.165) is 31.2 Å². The Hall–Kier alpha value is -1.52. The minimum atomic E-state index is 0.687. The minimum absolute atomic E-state index is 0.687. The molecule has 0 radical (unpaired) electrons. The van der Waals surface area contributed by atoms with E-state index in [1.54, 1.807) is 0 Å². The molecule has 22 heavy (non-hydrogen) atoms. The van der Waals surface area contributed by atoms with Crippen LogP contribution in [0.5, 0.6) is 0 Å². The smallest absolute Gasteiger partial charge is 0.0945 e. The Balaban J connectivity index is 1.52. The number of halogens is 1. The number of rotatable bonds is 5. The summed E-state index contributed by atoms with van der Waals surface area (Å²) in [7, 11) is 2.03. The molecule has 1 N–H and O–H groups in total. The number of benzene rings is 1. The number of aromatic nitrogens is 2. The van der Waals surface area contributed by atoms with Gasteiger partial charge in [-0.2, -0.15) is 0 Å². The highest BCUT2D eigenvalue weighted by Crippen LogP contribution is 2.29. The maximum Gasteiger partial charge on any atom is 0.0945 e. The number of nitrogens with one attached hydrogen (secondary N) is 1. The third-order valence-corrected chi connectivity index (χ3v) is 4.69. The van der Waals surface area contributed by atoms with Crippen LogP contribution >= 0.6 is 11.6 Å². The highest BCUT2D eigenvalue weighted by molar-refractivity contribution is 6.30. The van der Waals surface area contributed by atoms with Crippen molar-refractivity contribution >= 4 is 17.3 Å². The lowest BCUT2D eigenvalue weighted by Gasteiger charge is -2.21. The number of hydrogen-bond donors (Lipinski definition) is 1. The van der Waals surface area contributed by atoms with E-state index in [0.29, 0.717) is 5.92 Å². The molecule has 1 aromatic heterocycles. The van der Waals surface area contributed by atoms with Gasteiger partial charge in [0.05, 0.1) is 12.0 Å². The van der Waals surface area contributed by atoms with Crippen molar-refractivity contribution in [3.05, 3.63) is 47.0 Å². The van der Waals surface area contributed by atoms with Crippen molar-refractivity contribution < 1.29 is 0 Å². The molecular formula is C17H23ClN4. The van der Waals surface area contributed by atoms with Gasteiger partial charge in [-0.25, -0.2) is 4.98 Å². The zero-order valence-corrected chi connectivity index (χ0v) is 14.0. The summed E-state index contributed by atoms with van der Waals surface area (Å²) in [4.78, 5) is 6.60. The molecule has 1 aromatic carbocycles. The van der Waals surface area contributed by atoms with Crippen LogP contribution in [0.3, 0.4) is 0 Å². The molecule has 2 aromatic rings. The number of hydrogen-bond acceptors (Lipinski definition) is 3. The van der Waals surface area contributed by atoms with Gasteiger partial charge in [-0.3, -0.25) is 0 Å². The van der Waals surface area contributed by atoms with Crippen molar-refractivity contribution in [1.29, 1.82) is 0 Å². The van der Waals surface area contributed by atoms with Crippen molar-refractivity contribution in [2.45, 2.75) is 19.9 Å². The number of anilines is 1. The van der Waals surface area contributed by atoms with Crippen LogP contribution in [0.1, 0.15) is 17.7 Å². The van der Waals surface area contributed by atoms with Gasteiger partial charge in [-0.1, -0.05) is 17.7 Å². The third-order valence-electron chi connectivity index (χ3n) is 4.45. The van der Waals surface area contributed by atoms with Crippen LogP contribution in [0.4, 0.5) is 5.69 Å². The summed E-state index contributed by atoms with van der Waals surface area (Å²) in [5.74, 6) is 0.687. The van der Waals surface area contributed by atoms with Crippen LogP contribution in [0.25, 0.3) is 0 Å². The first-order chi connectivity index (χ1) is 10.6. The summed E-state index contributed by atoms with van der Waals surface area (Å²) < 4.78 is 2.06. The molecule has 5 heteroatoms. The second kappa shape index (κ2) is 6.71. The average Bonchev–Trinajstić information content (AvgIpc) is 3.12. The topological polar surface area (TPSA) is 33.1 Å². The second-order valence-corrected chi connectivity index (χ2v) is 6.59. The van der Waals surface area contributed by atoms with Gasteiger partial charge in [-0.05, 0) is 37.0 Å². The average molecular weight is 319 g/mol. The maximum atomic E-state index is 6.14. The van der Waals surface area contributed by atoms with Gasteiger partial charge in [0.2, 0.25) is 0 Å². The van der Waals surface area contributed by atoms with Gasteiger partial charge in [0.25, 0.3) is 0 Å². The molecule has 1 aliphatic heterocycles. The first-order valence-corrected chi connectivity index (χ1v) is 8.18. The van der Waals surface area contributed by atoms with Gasteiger partial charge in [-0.15, -0.1) is 0 Å². The van der Waals surface area contributed by atoms with Gasteiger partial charge < -0.3 is 14.8 Å². The molecule has 2 heterocycles. The van der Waals surface area contributed by atoms with Crippen LogP contribution in [-0.2, 0) is 13.6 Å². The van der Waals surface area contributed by atoms with Crippen molar-refractivity contribution in [2.24, 2.45) is 13.0 Å². The van der Waals surface area contributed by atoms with Crippen LogP contribution in [0, 0.1) is 12.8 Å². The van der Waals surface area contributed by atoms with Gasteiger partial charge in [0, 0.05) is 50.1 Å². The van der Waals surface area contributed by atoms with E-state index in [-0.39, 0.29) is 0 Å². The van der Waals surface area contributed by atoms with E-state index in [4.69, 9.17) is 11.6 Å². The Labute approximate surface area is 137 Å². The normalized spacial score (nSPS) is 18.1. The molecule has 1 atom stereocenters. The molecule has 0 spiro atoms. The zero-order valence-electron chi connectivity index (χ0n) is 13.2. The Kier molecular flexibility index (Phi) is 4.69. The Morgan fingerprint density at radius 2 is 2.27 bits per heavy atom. The quantitative estimate of drug-likeness (QED) is 0.920. The van der Waals surface area contributed by atoms with E-state index < -0.39 is 0 Å². The summed E-state index contributed by atoms with van der Waals surface area (Å²) in [6.07, 6.45) is 4.99. The highest BCUT2D eigenvalue weighted by Gasteiger charge is 2.23. The van der Waals surface area contributed by atoms with Crippen LogP contribution < -0.4 is 10.2 Å². The first kappa shape index (κ1) is 15.4. The van der Waals surface area contributed by atoms with Crippen molar-refractivity contribution in [1.82, 2.24) is 14.9 Å². The Bertz CT molecular complexity index is 637. The predicted octanol–water partition coefficient (Wildman–Crippen LogP) is 3.00. The maximum absolute atomic E-state index is 6.14. The molecule has 118 valence electrons. The fourth-order valence-electron chi connectivity index (χ4n) is 3.10. The van der Waals surface area contributed by atoms with E-state index in [9.17, 15) is 0 Å². The fraction of sp³-hybridized carbons (Fsp3) is 0.471. The monoisotopic (exact) mass is 318 g/mol. The molecule has 1 unspecified atom stereocenters. The van der Waals surface area contributed by atoms with Crippen LogP contribution in [0.2, 0.25) is 5.02 Å². The molecule has 0 aliphatic carbocycles. The summed E-state index contributed by atoms with van der Waals surface area (Å²) in [5, 5.41) is 4.37. The largest absolute Gasteiger partial charge is 0.371 e. The number of nitrogens with zero attached hydrogens (tertiary/aromatic N) is 3. The second-order valence-electron chi connectivity index (χ2n) is 6.16. The molecular weight excluding hydrogens is 296 g/mol. The van der Waals surface area contributed by atoms with E-state index >= 15 is 0 Å². The lowest BCUT2D eigenvalue weighted by molar-refractivity contribution is 0.510. The molecule has 1 saturated heterocycles. The van der Waals surface area contributed by atoms with Gasteiger partial charge >= 0.3 is 0 Å². The van der Waals surface area contributed by atoms with E-state index in [1.165, 1.54) is 23.4 Å². The Morgan fingerprint density at radius 3 is 3.05 bits per heavy atom. The van der Waals surface area contributed by atoms with Crippen molar-refractivity contribution in [3.63, 3.8) is 0 Å². The highest BCUT2D eigenvalue weighted by atomic mass is 35.5. The van der Waals surface area contributed by atoms with Gasteiger partial charge in [0.1, 0.15) is 0 Å².